The minimum Gasteiger partial charge on any atom is -0.486 e. The Morgan fingerprint density at radius 3 is 2.96 bits per heavy atom. The van der Waals surface area contributed by atoms with Gasteiger partial charge in [0, 0.05) is 24.3 Å². The quantitative estimate of drug-likeness (QED) is 0.916. The van der Waals surface area contributed by atoms with E-state index in [1.165, 1.54) is 19.3 Å². The molecule has 1 saturated heterocycles. The van der Waals surface area contributed by atoms with E-state index in [9.17, 15) is 0 Å². The van der Waals surface area contributed by atoms with E-state index in [0.29, 0.717) is 25.2 Å². The molecule has 0 amide bonds. The number of rotatable bonds is 4. The summed E-state index contributed by atoms with van der Waals surface area (Å²) in [6.07, 6.45) is 6.57. The monoisotopic (exact) mass is 341 g/mol. The zero-order chi connectivity index (χ0) is 17.1. The minimum absolute atomic E-state index is 0.495. The molecule has 2 aromatic rings. The largest absolute Gasteiger partial charge is 0.486 e. The second kappa shape index (κ2) is 7.13. The molecule has 7 nitrogen and oxygen atoms in total. The maximum atomic E-state index is 5.62. The number of nitrogens with zero attached hydrogens (tertiary/aromatic N) is 4. The molecular weight excluding hydrogens is 318 g/mol. The molecule has 4 rings (SSSR count). The molecule has 1 aromatic carbocycles. The van der Waals surface area contributed by atoms with E-state index in [2.05, 4.69) is 32.3 Å². The molecule has 132 valence electrons. The van der Waals surface area contributed by atoms with E-state index >= 15 is 0 Å². The maximum absolute atomic E-state index is 5.62. The predicted octanol–water partition coefficient (Wildman–Crippen LogP) is 3.16. The number of fused-ring (bicyclic) bond motifs is 1. The fourth-order valence-corrected chi connectivity index (χ4v) is 3.46. The molecule has 1 fully saturated rings. The fraction of sp³-hybridized carbons (Fsp3) is 0.500. The molecule has 0 saturated carbocycles. The normalized spacial score (nSPS) is 19.6. The molecule has 0 spiro atoms. The van der Waals surface area contributed by atoms with Crippen molar-refractivity contribution in [2.24, 2.45) is 0 Å². The molecule has 2 aliphatic heterocycles. The van der Waals surface area contributed by atoms with Gasteiger partial charge >= 0.3 is 0 Å². The Morgan fingerprint density at radius 1 is 1.20 bits per heavy atom. The zero-order valence-corrected chi connectivity index (χ0v) is 14.4. The SMILES string of the molecule is CCC1CCCCN1c1cnnc(Nc2ccc3c(c2)OCCO3)n1. The summed E-state index contributed by atoms with van der Waals surface area (Å²) < 4.78 is 11.2. The van der Waals surface area contributed by atoms with Crippen LogP contribution in [0.1, 0.15) is 32.6 Å². The van der Waals surface area contributed by atoms with Crippen molar-refractivity contribution in [3.05, 3.63) is 24.4 Å². The van der Waals surface area contributed by atoms with Gasteiger partial charge in [-0.2, -0.15) is 10.1 Å². The third-order valence-corrected chi connectivity index (χ3v) is 4.74. The van der Waals surface area contributed by atoms with Gasteiger partial charge < -0.3 is 19.7 Å². The average molecular weight is 341 g/mol. The minimum atomic E-state index is 0.495. The number of hydrogen-bond donors (Lipinski definition) is 1. The number of nitrogens with one attached hydrogen (secondary N) is 1. The van der Waals surface area contributed by atoms with Crippen LogP contribution in [-0.2, 0) is 0 Å². The van der Waals surface area contributed by atoms with Crippen LogP contribution in [0.3, 0.4) is 0 Å². The van der Waals surface area contributed by atoms with E-state index in [0.717, 1.165) is 36.0 Å². The highest BCUT2D eigenvalue weighted by Crippen LogP contribution is 2.33. The van der Waals surface area contributed by atoms with E-state index in [1.54, 1.807) is 6.20 Å². The first-order valence-corrected chi connectivity index (χ1v) is 8.96. The van der Waals surface area contributed by atoms with Crippen molar-refractivity contribution in [2.75, 3.05) is 30.0 Å². The summed E-state index contributed by atoms with van der Waals surface area (Å²) in [5.41, 5.74) is 0.855. The van der Waals surface area contributed by atoms with Gasteiger partial charge in [0.25, 0.3) is 0 Å². The third-order valence-electron chi connectivity index (χ3n) is 4.74. The van der Waals surface area contributed by atoms with Gasteiger partial charge in [-0.25, -0.2) is 0 Å². The third kappa shape index (κ3) is 3.45. The molecule has 25 heavy (non-hydrogen) atoms. The molecule has 1 atom stereocenters. The van der Waals surface area contributed by atoms with Gasteiger partial charge in [0.15, 0.2) is 17.3 Å². The van der Waals surface area contributed by atoms with E-state index < -0.39 is 0 Å². The van der Waals surface area contributed by atoms with Crippen LogP contribution in [-0.4, -0.2) is 41.0 Å². The first-order chi connectivity index (χ1) is 12.3. The predicted molar refractivity (Wildman–Crippen MR) is 95.8 cm³/mol. The summed E-state index contributed by atoms with van der Waals surface area (Å²) in [5, 5.41) is 11.5. The Kier molecular flexibility index (Phi) is 4.54. The van der Waals surface area contributed by atoms with Crippen LogP contribution in [0.2, 0.25) is 0 Å². The van der Waals surface area contributed by atoms with Gasteiger partial charge in [-0.3, -0.25) is 0 Å². The molecule has 0 aliphatic carbocycles. The van der Waals surface area contributed by atoms with Crippen LogP contribution >= 0.6 is 0 Å². The molecule has 1 N–H and O–H groups in total. The maximum Gasteiger partial charge on any atom is 0.249 e. The lowest BCUT2D eigenvalue weighted by Crippen LogP contribution is -2.39. The van der Waals surface area contributed by atoms with Crippen molar-refractivity contribution in [2.45, 2.75) is 38.6 Å². The highest BCUT2D eigenvalue weighted by atomic mass is 16.6. The van der Waals surface area contributed by atoms with Crippen LogP contribution in [0.5, 0.6) is 11.5 Å². The molecule has 1 unspecified atom stereocenters. The molecular formula is C18H23N5O2. The summed E-state index contributed by atoms with van der Waals surface area (Å²) in [6.45, 7) is 4.41. The number of benzene rings is 1. The van der Waals surface area contributed by atoms with Gasteiger partial charge in [-0.1, -0.05) is 6.92 Å². The highest BCUT2D eigenvalue weighted by Gasteiger charge is 2.22. The van der Waals surface area contributed by atoms with Gasteiger partial charge in [0.1, 0.15) is 13.2 Å². The van der Waals surface area contributed by atoms with Gasteiger partial charge in [0.05, 0.1) is 6.20 Å². The Labute approximate surface area is 147 Å². The van der Waals surface area contributed by atoms with Crippen molar-refractivity contribution >= 4 is 17.5 Å². The van der Waals surface area contributed by atoms with Crippen LogP contribution < -0.4 is 19.7 Å². The Morgan fingerprint density at radius 2 is 2.08 bits per heavy atom. The molecule has 2 aliphatic rings. The number of hydrogen-bond acceptors (Lipinski definition) is 7. The Hall–Kier alpha value is -2.57. The summed E-state index contributed by atoms with van der Waals surface area (Å²) in [6, 6.07) is 6.26. The van der Waals surface area contributed by atoms with Gasteiger partial charge in [-0.15, -0.1) is 5.10 Å². The van der Waals surface area contributed by atoms with Crippen LogP contribution in [0.25, 0.3) is 0 Å². The lowest BCUT2D eigenvalue weighted by Gasteiger charge is -2.35. The van der Waals surface area contributed by atoms with Crippen molar-refractivity contribution < 1.29 is 9.47 Å². The van der Waals surface area contributed by atoms with Crippen molar-refractivity contribution in [1.82, 2.24) is 15.2 Å². The van der Waals surface area contributed by atoms with Crippen LogP contribution in [0, 0.1) is 0 Å². The van der Waals surface area contributed by atoms with Crippen LogP contribution in [0.15, 0.2) is 24.4 Å². The van der Waals surface area contributed by atoms with E-state index in [-0.39, 0.29) is 0 Å². The first kappa shape index (κ1) is 15.9. The molecule has 0 bridgehead atoms. The molecule has 0 radical (unpaired) electrons. The van der Waals surface area contributed by atoms with E-state index in [4.69, 9.17) is 9.47 Å². The summed E-state index contributed by atoms with van der Waals surface area (Å²) in [4.78, 5) is 7.03. The lowest BCUT2D eigenvalue weighted by molar-refractivity contribution is 0.171. The van der Waals surface area contributed by atoms with Crippen LogP contribution in [0.4, 0.5) is 17.5 Å². The molecule has 1 aromatic heterocycles. The summed E-state index contributed by atoms with van der Waals surface area (Å²) >= 11 is 0. The highest BCUT2D eigenvalue weighted by molar-refractivity contribution is 5.60. The smallest absolute Gasteiger partial charge is 0.249 e. The lowest BCUT2D eigenvalue weighted by atomic mass is 10.0. The topological polar surface area (TPSA) is 72.4 Å². The van der Waals surface area contributed by atoms with Gasteiger partial charge in [-0.05, 0) is 37.8 Å². The summed E-state index contributed by atoms with van der Waals surface area (Å²) in [5.74, 6) is 2.89. The number of piperidine rings is 1. The second-order valence-electron chi connectivity index (χ2n) is 6.37. The molecule has 3 heterocycles. The van der Waals surface area contributed by atoms with Crippen molar-refractivity contribution in [3.8, 4) is 11.5 Å². The Bertz CT molecular complexity index is 739. The average Bonchev–Trinajstić information content (AvgIpc) is 2.68. The standard InChI is InChI=1S/C18H23N5O2/c1-2-14-5-3-4-8-23(14)17-12-19-22-18(21-17)20-13-6-7-15-16(11-13)25-10-9-24-15/h6-7,11-12,14H,2-5,8-10H2,1H3,(H,20,21,22). The number of anilines is 3. The number of aromatic nitrogens is 3. The van der Waals surface area contributed by atoms with Gasteiger partial charge in [0.2, 0.25) is 5.95 Å². The molecule has 7 heteroatoms. The van der Waals surface area contributed by atoms with Crippen molar-refractivity contribution in [1.29, 1.82) is 0 Å². The van der Waals surface area contributed by atoms with E-state index in [1.807, 2.05) is 18.2 Å². The number of ether oxygens (including phenoxy) is 2. The Balaban J connectivity index is 1.53. The fourth-order valence-electron chi connectivity index (χ4n) is 3.46. The second-order valence-corrected chi connectivity index (χ2v) is 6.37. The summed E-state index contributed by atoms with van der Waals surface area (Å²) in [7, 11) is 0. The first-order valence-electron chi connectivity index (χ1n) is 8.96. The zero-order valence-electron chi connectivity index (χ0n) is 14.4. The van der Waals surface area contributed by atoms with Crippen molar-refractivity contribution in [3.63, 3.8) is 0 Å².